The lowest BCUT2D eigenvalue weighted by atomic mass is 9.98. The van der Waals surface area contributed by atoms with Gasteiger partial charge >= 0.3 is 0 Å². The van der Waals surface area contributed by atoms with Crippen molar-refractivity contribution in [1.29, 1.82) is 0 Å². The third kappa shape index (κ3) is 3.60. The summed E-state index contributed by atoms with van der Waals surface area (Å²) in [5.41, 5.74) is 8.36. The number of benzene rings is 2. The highest BCUT2D eigenvalue weighted by molar-refractivity contribution is 6.01. The molecule has 4 rings (SSSR count). The van der Waals surface area contributed by atoms with Crippen molar-refractivity contribution in [3.8, 4) is 11.1 Å². The van der Waals surface area contributed by atoms with Crippen molar-refractivity contribution in [2.24, 2.45) is 0 Å². The Bertz CT molecular complexity index is 919. The van der Waals surface area contributed by atoms with Crippen LogP contribution in [-0.4, -0.2) is 47.0 Å². The zero-order chi connectivity index (χ0) is 18.6. The molecule has 136 valence electrons. The lowest BCUT2D eigenvalue weighted by Gasteiger charge is -2.35. The van der Waals surface area contributed by atoms with Crippen LogP contribution >= 0.6 is 0 Å². The first-order valence-electron chi connectivity index (χ1n) is 8.98. The summed E-state index contributed by atoms with van der Waals surface area (Å²) in [6.07, 6.45) is 3.24. The molecule has 6 heteroatoms. The first-order valence-corrected chi connectivity index (χ1v) is 8.98. The van der Waals surface area contributed by atoms with Gasteiger partial charge in [0.2, 0.25) is 0 Å². The van der Waals surface area contributed by atoms with E-state index in [1.165, 1.54) is 0 Å². The lowest BCUT2D eigenvalue weighted by Crippen LogP contribution is -2.49. The maximum Gasteiger partial charge on any atom is 0.254 e. The van der Waals surface area contributed by atoms with Crippen LogP contribution in [0.15, 0.2) is 67.0 Å². The second-order valence-electron chi connectivity index (χ2n) is 6.49. The number of carbonyl (C=O) groups is 1. The summed E-state index contributed by atoms with van der Waals surface area (Å²) in [7, 11) is 0. The minimum Gasteiger partial charge on any atom is -0.382 e. The van der Waals surface area contributed by atoms with E-state index in [0.717, 1.165) is 35.6 Å². The molecule has 0 unspecified atom stereocenters. The topological polar surface area (TPSA) is 75.3 Å². The zero-order valence-electron chi connectivity index (χ0n) is 15.0. The minimum absolute atomic E-state index is 0.0671. The molecule has 1 amide bonds. The van der Waals surface area contributed by atoms with Gasteiger partial charge < -0.3 is 15.5 Å². The van der Waals surface area contributed by atoms with E-state index in [1.807, 2.05) is 59.5 Å². The maximum absolute atomic E-state index is 13.1. The fourth-order valence-corrected chi connectivity index (χ4v) is 3.34. The molecule has 1 aliphatic heterocycles. The van der Waals surface area contributed by atoms with Crippen LogP contribution in [0.1, 0.15) is 10.4 Å². The van der Waals surface area contributed by atoms with Gasteiger partial charge in [-0.2, -0.15) is 0 Å². The fourth-order valence-electron chi connectivity index (χ4n) is 3.34. The standard InChI is InChI=1S/C21H21N5O/c22-19-14-24-20(15-23-19)25-10-12-26(13-11-25)21(27)18-9-5-4-8-17(18)16-6-2-1-3-7-16/h1-9,14-15H,10-13H2,(H2,22,23). The van der Waals surface area contributed by atoms with Gasteiger partial charge in [-0.1, -0.05) is 48.5 Å². The molecule has 1 fully saturated rings. The molecule has 2 aromatic carbocycles. The second kappa shape index (κ2) is 7.45. The monoisotopic (exact) mass is 359 g/mol. The SMILES string of the molecule is Nc1cnc(N2CCN(C(=O)c3ccccc3-c3ccccc3)CC2)cn1. The number of hydrogen-bond donors (Lipinski definition) is 1. The molecule has 0 aliphatic carbocycles. The van der Waals surface area contributed by atoms with Gasteiger partial charge in [-0.3, -0.25) is 4.79 Å². The summed E-state index contributed by atoms with van der Waals surface area (Å²) in [5, 5.41) is 0. The smallest absolute Gasteiger partial charge is 0.254 e. The van der Waals surface area contributed by atoms with Gasteiger partial charge in [0.1, 0.15) is 11.6 Å². The zero-order valence-corrected chi connectivity index (χ0v) is 15.0. The van der Waals surface area contributed by atoms with Gasteiger partial charge in [0.15, 0.2) is 0 Å². The van der Waals surface area contributed by atoms with E-state index in [4.69, 9.17) is 5.73 Å². The van der Waals surface area contributed by atoms with E-state index in [0.29, 0.717) is 18.9 Å². The number of nitrogens with zero attached hydrogens (tertiary/aromatic N) is 4. The van der Waals surface area contributed by atoms with Gasteiger partial charge in [-0.15, -0.1) is 0 Å². The highest BCUT2D eigenvalue weighted by Gasteiger charge is 2.24. The van der Waals surface area contributed by atoms with Gasteiger partial charge in [0, 0.05) is 31.7 Å². The Morgan fingerprint density at radius 3 is 2.26 bits per heavy atom. The van der Waals surface area contributed by atoms with Crippen LogP contribution in [0, 0.1) is 0 Å². The number of nitrogen functional groups attached to an aromatic ring is 1. The minimum atomic E-state index is 0.0671. The number of anilines is 2. The van der Waals surface area contributed by atoms with Crippen LogP contribution in [0.2, 0.25) is 0 Å². The van der Waals surface area contributed by atoms with Gasteiger partial charge in [0.25, 0.3) is 5.91 Å². The highest BCUT2D eigenvalue weighted by atomic mass is 16.2. The number of nitrogens with two attached hydrogens (primary N) is 1. The average Bonchev–Trinajstić information content (AvgIpc) is 2.74. The Labute approximate surface area is 158 Å². The molecule has 27 heavy (non-hydrogen) atoms. The summed E-state index contributed by atoms with van der Waals surface area (Å²) in [5.74, 6) is 1.27. The van der Waals surface area contributed by atoms with E-state index < -0.39 is 0 Å². The molecule has 3 aromatic rings. The molecule has 0 radical (unpaired) electrons. The van der Waals surface area contributed by atoms with Crippen LogP contribution in [0.3, 0.4) is 0 Å². The van der Waals surface area contributed by atoms with Crippen LogP contribution in [-0.2, 0) is 0 Å². The summed E-state index contributed by atoms with van der Waals surface area (Å²) >= 11 is 0. The van der Waals surface area contributed by atoms with E-state index in [1.54, 1.807) is 12.4 Å². The Hall–Kier alpha value is -3.41. The maximum atomic E-state index is 13.1. The molecule has 0 bridgehead atoms. The van der Waals surface area contributed by atoms with Gasteiger partial charge in [-0.25, -0.2) is 9.97 Å². The number of aromatic nitrogens is 2. The largest absolute Gasteiger partial charge is 0.382 e. The number of carbonyl (C=O) groups excluding carboxylic acids is 1. The molecule has 0 saturated carbocycles. The summed E-state index contributed by atoms with van der Waals surface area (Å²) in [6.45, 7) is 2.73. The molecule has 2 heterocycles. The molecule has 0 atom stereocenters. The fraction of sp³-hybridized carbons (Fsp3) is 0.190. The van der Waals surface area contributed by atoms with Crippen LogP contribution in [0.5, 0.6) is 0 Å². The Morgan fingerprint density at radius 1 is 0.852 bits per heavy atom. The lowest BCUT2D eigenvalue weighted by molar-refractivity contribution is 0.0747. The summed E-state index contributed by atoms with van der Waals surface area (Å²) in [6, 6.07) is 17.8. The predicted molar refractivity (Wildman–Crippen MR) is 106 cm³/mol. The first kappa shape index (κ1) is 17.0. The van der Waals surface area contributed by atoms with E-state index in [9.17, 15) is 4.79 Å². The van der Waals surface area contributed by atoms with E-state index >= 15 is 0 Å². The van der Waals surface area contributed by atoms with Gasteiger partial charge in [0.05, 0.1) is 12.4 Å². The number of piperazine rings is 1. The van der Waals surface area contributed by atoms with Crippen molar-refractivity contribution >= 4 is 17.5 Å². The molecule has 2 N–H and O–H groups in total. The van der Waals surface area contributed by atoms with Crippen molar-refractivity contribution in [2.45, 2.75) is 0 Å². The Kier molecular flexibility index (Phi) is 4.70. The quantitative estimate of drug-likeness (QED) is 0.778. The molecular formula is C21H21N5O. The summed E-state index contributed by atoms with van der Waals surface area (Å²) in [4.78, 5) is 25.6. The van der Waals surface area contributed by atoms with E-state index in [-0.39, 0.29) is 5.91 Å². The van der Waals surface area contributed by atoms with Crippen LogP contribution in [0.4, 0.5) is 11.6 Å². The number of amides is 1. The first-order chi connectivity index (χ1) is 13.2. The molecule has 1 aliphatic rings. The molecular weight excluding hydrogens is 338 g/mol. The van der Waals surface area contributed by atoms with Crippen molar-refractivity contribution in [1.82, 2.24) is 14.9 Å². The highest BCUT2D eigenvalue weighted by Crippen LogP contribution is 2.25. The average molecular weight is 359 g/mol. The van der Waals surface area contributed by atoms with Crippen molar-refractivity contribution < 1.29 is 4.79 Å². The third-order valence-electron chi connectivity index (χ3n) is 4.79. The number of rotatable bonds is 3. The van der Waals surface area contributed by atoms with Crippen molar-refractivity contribution in [3.05, 3.63) is 72.6 Å². The molecule has 6 nitrogen and oxygen atoms in total. The van der Waals surface area contributed by atoms with Crippen molar-refractivity contribution in [2.75, 3.05) is 36.8 Å². The Morgan fingerprint density at radius 2 is 1.56 bits per heavy atom. The molecule has 0 spiro atoms. The third-order valence-corrected chi connectivity index (χ3v) is 4.79. The second-order valence-corrected chi connectivity index (χ2v) is 6.49. The Balaban J connectivity index is 1.50. The van der Waals surface area contributed by atoms with E-state index in [2.05, 4.69) is 14.9 Å². The molecule has 1 saturated heterocycles. The van der Waals surface area contributed by atoms with Crippen LogP contribution in [0.25, 0.3) is 11.1 Å². The van der Waals surface area contributed by atoms with Gasteiger partial charge in [-0.05, 0) is 17.2 Å². The predicted octanol–water partition coefficient (Wildman–Crippen LogP) is 2.69. The molecule has 1 aromatic heterocycles. The number of hydrogen-bond acceptors (Lipinski definition) is 5. The summed E-state index contributed by atoms with van der Waals surface area (Å²) < 4.78 is 0. The van der Waals surface area contributed by atoms with Crippen LogP contribution < -0.4 is 10.6 Å². The van der Waals surface area contributed by atoms with Crippen molar-refractivity contribution in [3.63, 3.8) is 0 Å². The normalized spacial score (nSPS) is 14.2.